The number of hydrogen-bond acceptors (Lipinski definition) is 3. The Morgan fingerprint density at radius 3 is 2.62 bits per heavy atom. The molecule has 92 valence electrons. The zero-order chi connectivity index (χ0) is 12.1. The molecule has 0 aromatic carbocycles. The summed E-state index contributed by atoms with van der Waals surface area (Å²) in [6, 6.07) is 3.35. The summed E-state index contributed by atoms with van der Waals surface area (Å²) in [4.78, 5) is 4.88. The van der Waals surface area contributed by atoms with E-state index in [-0.39, 0.29) is 0 Å². The minimum Gasteiger partial charge on any atom is -0.300 e. The highest BCUT2D eigenvalue weighted by molar-refractivity contribution is 4.90. The molecule has 1 aliphatic heterocycles. The van der Waals surface area contributed by atoms with Crippen molar-refractivity contribution < 1.29 is 0 Å². The largest absolute Gasteiger partial charge is 0.300 e. The molecule has 0 bridgehead atoms. The number of rotatable bonds is 4. The van der Waals surface area contributed by atoms with E-state index in [1.807, 2.05) is 0 Å². The smallest absolute Gasteiger partial charge is 0.0638 e. The van der Waals surface area contributed by atoms with Crippen LogP contribution in [0.3, 0.4) is 0 Å². The Labute approximate surface area is 100 Å². The number of nitriles is 1. The van der Waals surface area contributed by atoms with Crippen LogP contribution >= 0.6 is 0 Å². The molecular formula is C13H25N3. The molecule has 0 N–H and O–H groups in total. The molecule has 0 aromatic heterocycles. The topological polar surface area (TPSA) is 30.3 Å². The van der Waals surface area contributed by atoms with Crippen molar-refractivity contribution >= 4 is 0 Å². The molecule has 0 aliphatic carbocycles. The fraction of sp³-hybridized carbons (Fsp3) is 0.923. The van der Waals surface area contributed by atoms with Crippen LogP contribution in [0.4, 0.5) is 0 Å². The van der Waals surface area contributed by atoms with Crippen molar-refractivity contribution in [2.45, 2.75) is 45.7 Å². The van der Waals surface area contributed by atoms with E-state index in [0.29, 0.717) is 18.5 Å². The maximum absolute atomic E-state index is 8.81. The first kappa shape index (κ1) is 13.5. The molecule has 2 unspecified atom stereocenters. The minimum absolute atomic E-state index is 0.424. The second-order valence-electron chi connectivity index (χ2n) is 5.48. The van der Waals surface area contributed by atoms with Crippen molar-refractivity contribution in [1.29, 1.82) is 5.26 Å². The van der Waals surface area contributed by atoms with E-state index >= 15 is 0 Å². The quantitative estimate of drug-likeness (QED) is 0.730. The summed E-state index contributed by atoms with van der Waals surface area (Å²) in [5.41, 5.74) is 0. The zero-order valence-electron chi connectivity index (χ0n) is 11.1. The van der Waals surface area contributed by atoms with Gasteiger partial charge in [-0.1, -0.05) is 13.8 Å². The average molecular weight is 223 g/mol. The number of nitrogens with zero attached hydrogens (tertiary/aromatic N) is 3. The standard InChI is InChI=1S/C13H25N3/c1-11(2)6-8-16-10-13(5-7-14)15(4)9-12(16)3/h11-13H,5-6,8-10H2,1-4H3. The van der Waals surface area contributed by atoms with Gasteiger partial charge < -0.3 is 0 Å². The summed E-state index contributed by atoms with van der Waals surface area (Å²) in [6.45, 7) is 10.2. The molecular weight excluding hydrogens is 198 g/mol. The maximum Gasteiger partial charge on any atom is 0.0638 e. The summed E-state index contributed by atoms with van der Waals surface area (Å²) >= 11 is 0. The second-order valence-corrected chi connectivity index (χ2v) is 5.48. The highest BCUT2D eigenvalue weighted by Gasteiger charge is 2.28. The van der Waals surface area contributed by atoms with Crippen molar-refractivity contribution in [1.82, 2.24) is 9.80 Å². The van der Waals surface area contributed by atoms with E-state index in [9.17, 15) is 0 Å². The molecule has 0 spiro atoms. The van der Waals surface area contributed by atoms with Crippen molar-refractivity contribution in [2.75, 3.05) is 26.7 Å². The Morgan fingerprint density at radius 1 is 1.38 bits per heavy atom. The van der Waals surface area contributed by atoms with Gasteiger partial charge in [0.15, 0.2) is 0 Å². The Balaban J connectivity index is 2.47. The Hall–Kier alpha value is -0.590. The van der Waals surface area contributed by atoms with Crippen molar-refractivity contribution in [2.24, 2.45) is 5.92 Å². The molecule has 1 saturated heterocycles. The van der Waals surface area contributed by atoms with Crippen LogP contribution in [0.1, 0.15) is 33.6 Å². The third-order valence-electron chi connectivity index (χ3n) is 3.56. The summed E-state index contributed by atoms with van der Waals surface area (Å²) < 4.78 is 0. The van der Waals surface area contributed by atoms with Gasteiger partial charge in [-0.3, -0.25) is 9.80 Å². The molecule has 0 amide bonds. The van der Waals surface area contributed by atoms with E-state index in [1.165, 1.54) is 13.0 Å². The molecule has 1 fully saturated rings. The van der Waals surface area contributed by atoms with Gasteiger partial charge in [0.2, 0.25) is 0 Å². The SMILES string of the molecule is CC(C)CCN1CC(CC#N)N(C)CC1C. The Kier molecular flexibility index (Phi) is 5.24. The van der Waals surface area contributed by atoms with Gasteiger partial charge in [0, 0.05) is 25.2 Å². The van der Waals surface area contributed by atoms with Gasteiger partial charge in [0.1, 0.15) is 0 Å². The van der Waals surface area contributed by atoms with Crippen molar-refractivity contribution in [3.63, 3.8) is 0 Å². The predicted octanol–water partition coefficient (Wildman–Crippen LogP) is 1.95. The minimum atomic E-state index is 0.424. The summed E-state index contributed by atoms with van der Waals surface area (Å²) in [7, 11) is 2.14. The molecule has 0 saturated carbocycles. The maximum atomic E-state index is 8.81. The van der Waals surface area contributed by atoms with Crippen LogP contribution in [-0.4, -0.2) is 48.6 Å². The van der Waals surface area contributed by atoms with Gasteiger partial charge in [0.25, 0.3) is 0 Å². The van der Waals surface area contributed by atoms with Crippen LogP contribution in [0.25, 0.3) is 0 Å². The normalized spacial score (nSPS) is 28.2. The number of hydrogen-bond donors (Lipinski definition) is 0. The Bertz CT molecular complexity index is 244. The molecule has 1 rings (SSSR count). The lowest BCUT2D eigenvalue weighted by molar-refractivity contribution is 0.0512. The molecule has 1 aliphatic rings. The first-order valence-electron chi connectivity index (χ1n) is 6.35. The van der Waals surface area contributed by atoms with Crippen LogP contribution in [0.2, 0.25) is 0 Å². The van der Waals surface area contributed by atoms with Gasteiger partial charge in [-0.2, -0.15) is 5.26 Å². The van der Waals surface area contributed by atoms with Crippen LogP contribution in [0.15, 0.2) is 0 Å². The number of likely N-dealkylation sites (N-methyl/N-ethyl adjacent to an activating group) is 1. The zero-order valence-corrected chi connectivity index (χ0v) is 11.1. The summed E-state index contributed by atoms with van der Waals surface area (Å²) in [5, 5.41) is 8.81. The molecule has 0 radical (unpaired) electrons. The third-order valence-corrected chi connectivity index (χ3v) is 3.56. The van der Waals surface area contributed by atoms with Gasteiger partial charge in [-0.25, -0.2) is 0 Å². The molecule has 0 aromatic rings. The lowest BCUT2D eigenvalue weighted by Gasteiger charge is -2.43. The average Bonchev–Trinajstić information content (AvgIpc) is 2.20. The lowest BCUT2D eigenvalue weighted by atomic mass is 10.0. The predicted molar refractivity (Wildman–Crippen MR) is 67.1 cm³/mol. The molecule has 1 heterocycles. The van der Waals surface area contributed by atoms with E-state index in [4.69, 9.17) is 5.26 Å². The van der Waals surface area contributed by atoms with Crippen LogP contribution in [0, 0.1) is 17.2 Å². The van der Waals surface area contributed by atoms with Crippen molar-refractivity contribution in [3.05, 3.63) is 0 Å². The Morgan fingerprint density at radius 2 is 2.06 bits per heavy atom. The highest BCUT2D eigenvalue weighted by atomic mass is 15.3. The van der Waals surface area contributed by atoms with Gasteiger partial charge in [0.05, 0.1) is 12.5 Å². The third kappa shape index (κ3) is 3.77. The first-order chi connectivity index (χ1) is 7.54. The summed E-state index contributed by atoms with van der Waals surface area (Å²) in [6.07, 6.45) is 1.91. The molecule has 16 heavy (non-hydrogen) atoms. The van der Waals surface area contributed by atoms with E-state index < -0.39 is 0 Å². The van der Waals surface area contributed by atoms with Gasteiger partial charge in [-0.15, -0.1) is 0 Å². The van der Waals surface area contributed by atoms with Crippen LogP contribution in [-0.2, 0) is 0 Å². The van der Waals surface area contributed by atoms with Crippen molar-refractivity contribution in [3.8, 4) is 6.07 Å². The fourth-order valence-electron chi connectivity index (χ4n) is 2.33. The van der Waals surface area contributed by atoms with E-state index in [0.717, 1.165) is 19.0 Å². The molecule has 3 heteroatoms. The first-order valence-corrected chi connectivity index (χ1v) is 6.35. The fourth-order valence-corrected chi connectivity index (χ4v) is 2.33. The van der Waals surface area contributed by atoms with E-state index in [1.54, 1.807) is 0 Å². The molecule has 3 nitrogen and oxygen atoms in total. The monoisotopic (exact) mass is 223 g/mol. The molecule has 2 atom stereocenters. The lowest BCUT2D eigenvalue weighted by Crippen LogP contribution is -2.56. The van der Waals surface area contributed by atoms with Gasteiger partial charge >= 0.3 is 0 Å². The second kappa shape index (κ2) is 6.22. The number of piperazine rings is 1. The summed E-state index contributed by atoms with van der Waals surface area (Å²) in [5.74, 6) is 0.765. The highest BCUT2D eigenvalue weighted by Crippen LogP contribution is 2.17. The van der Waals surface area contributed by atoms with E-state index in [2.05, 4.69) is 43.7 Å². The van der Waals surface area contributed by atoms with Crippen LogP contribution < -0.4 is 0 Å². The van der Waals surface area contributed by atoms with Crippen LogP contribution in [0.5, 0.6) is 0 Å². The van der Waals surface area contributed by atoms with Gasteiger partial charge in [-0.05, 0) is 32.9 Å².